The number of fused-ring (bicyclic) bond motifs is 1. The van der Waals surface area contributed by atoms with E-state index < -0.39 is 15.6 Å². The fourth-order valence-corrected chi connectivity index (χ4v) is 4.54. The molecule has 1 unspecified atom stereocenters. The predicted octanol–water partition coefficient (Wildman–Crippen LogP) is 2.47. The minimum absolute atomic E-state index is 0.0548. The van der Waals surface area contributed by atoms with Crippen LogP contribution in [0.5, 0.6) is 11.5 Å². The van der Waals surface area contributed by atoms with Crippen LogP contribution in [-0.4, -0.2) is 34.3 Å². The fraction of sp³-hybridized carbons (Fsp3) is 0.333. The Labute approximate surface area is 157 Å². The second kappa shape index (κ2) is 7.08. The van der Waals surface area contributed by atoms with Crippen LogP contribution in [0.25, 0.3) is 0 Å². The van der Waals surface area contributed by atoms with E-state index in [0.717, 1.165) is 5.56 Å². The number of hydrogen-bond acceptors (Lipinski definition) is 5. The number of halogens is 1. The van der Waals surface area contributed by atoms with E-state index in [-0.39, 0.29) is 11.4 Å². The van der Waals surface area contributed by atoms with Crippen molar-refractivity contribution in [3.05, 3.63) is 52.5 Å². The molecular formula is C18H20ClNO5S. The first-order valence-electron chi connectivity index (χ1n) is 8.02. The molecule has 0 saturated heterocycles. The van der Waals surface area contributed by atoms with E-state index in [1.165, 1.54) is 19.2 Å². The first-order valence-corrected chi connectivity index (χ1v) is 9.88. The number of sulfonamides is 1. The van der Waals surface area contributed by atoms with Crippen molar-refractivity contribution in [3.63, 3.8) is 0 Å². The van der Waals surface area contributed by atoms with Gasteiger partial charge in [-0.25, -0.2) is 13.1 Å². The predicted molar refractivity (Wildman–Crippen MR) is 98.4 cm³/mol. The lowest BCUT2D eigenvalue weighted by atomic mass is 9.96. The summed E-state index contributed by atoms with van der Waals surface area (Å²) < 4.78 is 38.0. The van der Waals surface area contributed by atoms with Gasteiger partial charge in [0, 0.05) is 11.6 Å². The first-order chi connectivity index (χ1) is 12.3. The summed E-state index contributed by atoms with van der Waals surface area (Å²) >= 11 is 5.87. The van der Waals surface area contributed by atoms with Crippen molar-refractivity contribution in [3.8, 4) is 11.5 Å². The molecule has 0 fully saturated rings. The van der Waals surface area contributed by atoms with E-state index >= 15 is 0 Å². The lowest BCUT2D eigenvalue weighted by molar-refractivity contribution is 0.0440. The molecule has 0 amide bonds. The summed E-state index contributed by atoms with van der Waals surface area (Å²) in [5.41, 5.74) is 0.233. The molecule has 0 bridgehead atoms. The Kier molecular flexibility index (Phi) is 5.16. The van der Waals surface area contributed by atoms with Gasteiger partial charge in [0.1, 0.15) is 5.60 Å². The Morgan fingerprint density at radius 1 is 1.19 bits per heavy atom. The molecule has 3 rings (SSSR count). The van der Waals surface area contributed by atoms with Gasteiger partial charge in [-0.15, -0.1) is 0 Å². The molecule has 0 radical (unpaired) electrons. The highest BCUT2D eigenvalue weighted by atomic mass is 35.5. The van der Waals surface area contributed by atoms with Crippen molar-refractivity contribution in [2.75, 3.05) is 20.8 Å². The molecule has 1 atom stereocenters. The highest BCUT2D eigenvalue weighted by molar-refractivity contribution is 7.89. The number of benzene rings is 2. The van der Waals surface area contributed by atoms with Gasteiger partial charge in [0.2, 0.25) is 10.0 Å². The van der Waals surface area contributed by atoms with E-state index in [2.05, 4.69) is 4.72 Å². The van der Waals surface area contributed by atoms with Crippen molar-refractivity contribution in [1.82, 2.24) is 4.72 Å². The van der Waals surface area contributed by atoms with Crippen LogP contribution in [0, 0.1) is 0 Å². The highest BCUT2D eigenvalue weighted by Crippen LogP contribution is 2.42. The molecule has 0 spiro atoms. The number of nitrogens with one attached hydrogen (secondary N) is 1. The molecule has 0 heterocycles. The molecule has 2 aromatic rings. The van der Waals surface area contributed by atoms with E-state index in [1.54, 1.807) is 25.3 Å². The summed E-state index contributed by atoms with van der Waals surface area (Å²) in [6.45, 7) is -0.148. The lowest BCUT2D eigenvalue weighted by Gasteiger charge is -2.25. The van der Waals surface area contributed by atoms with Crippen LogP contribution in [0.3, 0.4) is 0 Å². The maximum atomic E-state index is 12.5. The standard InChI is InChI=1S/C18H20ClNO5S/c1-24-16-8-12-6-7-18(21,15(12)10-17(16)25-2)11-20-26(22,23)14-5-3-4-13(19)9-14/h3-5,8-10,20-21H,6-7,11H2,1-2H3. The number of hydrogen-bond donors (Lipinski definition) is 2. The third-order valence-electron chi connectivity index (χ3n) is 4.58. The smallest absolute Gasteiger partial charge is 0.240 e. The Morgan fingerprint density at radius 3 is 2.54 bits per heavy atom. The molecule has 1 aliphatic carbocycles. The van der Waals surface area contributed by atoms with Crippen molar-refractivity contribution < 1.29 is 23.0 Å². The second-order valence-electron chi connectivity index (χ2n) is 6.18. The molecule has 6 nitrogen and oxygen atoms in total. The van der Waals surface area contributed by atoms with Crippen LogP contribution < -0.4 is 14.2 Å². The highest BCUT2D eigenvalue weighted by Gasteiger charge is 2.39. The van der Waals surface area contributed by atoms with E-state index in [0.29, 0.717) is 34.9 Å². The monoisotopic (exact) mass is 397 g/mol. The average molecular weight is 398 g/mol. The Morgan fingerprint density at radius 2 is 1.88 bits per heavy atom. The zero-order valence-electron chi connectivity index (χ0n) is 14.5. The normalized spacial score (nSPS) is 19.2. The largest absolute Gasteiger partial charge is 0.493 e. The maximum Gasteiger partial charge on any atom is 0.240 e. The van der Waals surface area contributed by atoms with Gasteiger partial charge in [-0.2, -0.15) is 0 Å². The minimum Gasteiger partial charge on any atom is -0.493 e. The van der Waals surface area contributed by atoms with Crippen LogP contribution in [0.15, 0.2) is 41.3 Å². The zero-order valence-corrected chi connectivity index (χ0v) is 16.0. The summed E-state index contributed by atoms with van der Waals surface area (Å²) in [4.78, 5) is 0.0548. The van der Waals surface area contributed by atoms with E-state index in [9.17, 15) is 13.5 Å². The molecule has 2 aromatic carbocycles. The fourth-order valence-electron chi connectivity index (χ4n) is 3.15. The summed E-state index contributed by atoms with van der Waals surface area (Å²) in [7, 11) is -0.730. The minimum atomic E-state index is -3.79. The van der Waals surface area contributed by atoms with Gasteiger partial charge in [-0.05, 0) is 54.3 Å². The van der Waals surface area contributed by atoms with Crippen LogP contribution in [0.1, 0.15) is 17.5 Å². The van der Waals surface area contributed by atoms with Crippen LogP contribution in [0.2, 0.25) is 5.02 Å². The summed E-state index contributed by atoms with van der Waals surface area (Å²) in [5.74, 6) is 1.07. The van der Waals surface area contributed by atoms with E-state index in [1.807, 2.05) is 6.07 Å². The van der Waals surface area contributed by atoms with Crippen molar-refractivity contribution in [2.24, 2.45) is 0 Å². The van der Waals surface area contributed by atoms with Crippen molar-refractivity contribution in [1.29, 1.82) is 0 Å². The lowest BCUT2D eigenvalue weighted by Crippen LogP contribution is -2.39. The zero-order chi connectivity index (χ0) is 18.9. The van der Waals surface area contributed by atoms with Gasteiger partial charge in [0.05, 0.1) is 19.1 Å². The molecule has 0 aliphatic heterocycles. The van der Waals surface area contributed by atoms with Crippen LogP contribution in [-0.2, 0) is 22.0 Å². The maximum absolute atomic E-state index is 12.5. The van der Waals surface area contributed by atoms with Gasteiger partial charge in [-0.3, -0.25) is 0 Å². The number of aliphatic hydroxyl groups is 1. The van der Waals surface area contributed by atoms with Gasteiger partial charge >= 0.3 is 0 Å². The van der Waals surface area contributed by atoms with Gasteiger partial charge in [0.15, 0.2) is 11.5 Å². The number of methoxy groups -OCH3 is 2. The van der Waals surface area contributed by atoms with Gasteiger partial charge < -0.3 is 14.6 Å². The number of ether oxygens (including phenoxy) is 2. The average Bonchev–Trinajstić information content (AvgIpc) is 2.95. The van der Waals surface area contributed by atoms with Crippen LogP contribution >= 0.6 is 11.6 Å². The molecule has 26 heavy (non-hydrogen) atoms. The molecule has 0 aromatic heterocycles. The quantitative estimate of drug-likeness (QED) is 0.782. The number of aryl methyl sites for hydroxylation is 1. The SMILES string of the molecule is COc1cc2c(cc1OC)C(O)(CNS(=O)(=O)c1cccc(Cl)c1)CC2. The van der Waals surface area contributed by atoms with Gasteiger partial charge in [0.25, 0.3) is 0 Å². The third kappa shape index (κ3) is 3.53. The Hall–Kier alpha value is -1.80. The second-order valence-corrected chi connectivity index (χ2v) is 8.38. The third-order valence-corrected chi connectivity index (χ3v) is 6.21. The molecule has 2 N–H and O–H groups in total. The number of rotatable bonds is 6. The van der Waals surface area contributed by atoms with E-state index in [4.69, 9.17) is 21.1 Å². The Bertz CT molecular complexity index is 931. The molecule has 140 valence electrons. The van der Waals surface area contributed by atoms with Crippen LogP contribution in [0.4, 0.5) is 0 Å². The van der Waals surface area contributed by atoms with Crippen molar-refractivity contribution in [2.45, 2.75) is 23.3 Å². The molecule has 8 heteroatoms. The Balaban J connectivity index is 1.86. The van der Waals surface area contributed by atoms with Gasteiger partial charge in [-0.1, -0.05) is 17.7 Å². The topological polar surface area (TPSA) is 84.9 Å². The summed E-state index contributed by atoms with van der Waals surface area (Å²) in [6, 6.07) is 9.50. The molecule has 1 aliphatic rings. The van der Waals surface area contributed by atoms with Crippen molar-refractivity contribution >= 4 is 21.6 Å². The molecular weight excluding hydrogens is 378 g/mol. The summed E-state index contributed by atoms with van der Waals surface area (Å²) in [6.07, 6.45) is 1.02. The summed E-state index contributed by atoms with van der Waals surface area (Å²) in [5, 5.41) is 11.4. The first kappa shape index (κ1) is 19.0. The molecule has 0 saturated carbocycles.